The zero-order valence-corrected chi connectivity index (χ0v) is 10.8. The Labute approximate surface area is 101 Å². The number of aromatic nitrogens is 1. The molecule has 1 aliphatic rings. The third kappa shape index (κ3) is 3.19. The van der Waals surface area contributed by atoms with E-state index >= 15 is 0 Å². The molecule has 1 aromatic rings. The molecule has 1 fully saturated rings. The highest BCUT2D eigenvalue weighted by molar-refractivity contribution is 7.13. The molecule has 4 heteroatoms. The van der Waals surface area contributed by atoms with Crippen LogP contribution in [0.5, 0.6) is 0 Å². The molecular weight excluding hydrogens is 218 g/mol. The van der Waals surface area contributed by atoms with Crippen LogP contribution in [-0.4, -0.2) is 17.1 Å². The van der Waals surface area contributed by atoms with E-state index in [-0.39, 0.29) is 0 Å². The standard InChI is InChI=1S/C12H21N3S/c1-12(6-3-2-4-7-12)14-8-5-10-9-16-11(13)15-10/h9,14H,2-8H2,1H3,(H2,13,15). The van der Waals surface area contributed by atoms with Crippen LogP contribution < -0.4 is 11.1 Å². The fraction of sp³-hybridized carbons (Fsp3) is 0.750. The van der Waals surface area contributed by atoms with Crippen LogP contribution in [0, 0.1) is 0 Å². The lowest BCUT2D eigenvalue weighted by Crippen LogP contribution is -2.44. The van der Waals surface area contributed by atoms with Gasteiger partial charge in [-0.15, -0.1) is 11.3 Å². The van der Waals surface area contributed by atoms with Crippen molar-refractivity contribution >= 4 is 16.5 Å². The lowest BCUT2D eigenvalue weighted by Gasteiger charge is -2.34. The van der Waals surface area contributed by atoms with E-state index in [0.717, 1.165) is 18.7 Å². The predicted molar refractivity (Wildman–Crippen MR) is 69.7 cm³/mol. The van der Waals surface area contributed by atoms with Gasteiger partial charge < -0.3 is 11.1 Å². The van der Waals surface area contributed by atoms with Gasteiger partial charge in [0.05, 0.1) is 5.69 Å². The largest absolute Gasteiger partial charge is 0.375 e. The summed E-state index contributed by atoms with van der Waals surface area (Å²) in [6, 6.07) is 0. The maximum absolute atomic E-state index is 5.61. The van der Waals surface area contributed by atoms with Gasteiger partial charge in [-0.3, -0.25) is 0 Å². The fourth-order valence-corrected chi connectivity index (χ4v) is 3.04. The van der Waals surface area contributed by atoms with Gasteiger partial charge in [-0.2, -0.15) is 0 Å². The van der Waals surface area contributed by atoms with Crippen LogP contribution in [0.3, 0.4) is 0 Å². The number of hydrogen-bond acceptors (Lipinski definition) is 4. The van der Waals surface area contributed by atoms with Crippen LogP contribution in [0.25, 0.3) is 0 Å². The minimum atomic E-state index is 0.361. The second-order valence-corrected chi connectivity index (χ2v) is 5.86. The van der Waals surface area contributed by atoms with E-state index in [2.05, 4.69) is 22.6 Å². The Morgan fingerprint density at radius 3 is 2.81 bits per heavy atom. The minimum absolute atomic E-state index is 0.361. The lowest BCUT2D eigenvalue weighted by molar-refractivity contribution is 0.256. The number of nitrogen functional groups attached to an aromatic ring is 1. The molecule has 3 nitrogen and oxygen atoms in total. The summed E-state index contributed by atoms with van der Waals surface area (Å²) in [7, 11) is 0. The zero-order chi connectivity index (χ0) is 11.4. The Balaban J connectivity index is 1.74. The predicted octanol–water partition coefficient (Wildman–Crippen LogP) is 2.58. The topological polar surface area (TPSA) is 50.9 Å². The molecule has 0 amide bonds. The molecule has 1 aromatic heterocycles. The highest BCUT2D eigenvalue weighted by Gasteiger charge is 2.25. The van der Waals surface area contributed by atoms with Crippen molar-refractivity contribution in [1.82, 2.24) is 10.3 Å². The molecule has 0 aliphatic heterocycles. The molecule has 1 heterocycles. The maximum atomic E-state index is 5.61. The molecule has 0 bridgehead atoms. The normalized spacial score (nSPS) is 19.8. The third-order valence-electron chi connectivity index (χ3n) is 3.46. The van der Waals surface area contributed by atoms with Crippen LogP contribution in [0.2, 0.25) is 0 Å². The fourth-order valence-electron chi connectivity index (χ4n) is 2.44. The van der Waals surface area contributed by atoms with Gasteiger partial charge in [-0.05, 0) is 19.8 Å². The smallest absolute Gasteiger partial charge is 0.180 e. The van der Waals surface area contributed by atoms with Gasteiger partial charge in [0.1, 0.15) is 0 Å². The molecule has 2 rings (SSSR count). The Kier molecular flexibility index (Phi) is 3.82. The van der Waals surface area contributed by atoms with Crippen molar-refractivity contribution in [3.05, 3.63) is 11.1 Å². The first kappa shape index (κ1) is 11.9. The summed E-state index contributed by atoms with van der Waals surface area (Å²) in [5, 5.41) is 6.41. The zero-order valence-electron chi connectivity index (χ0n) is 9.96. The number of rotatable bonds is 4. The summed E-state index contributed by atoms with van der Waals surface area (Å²) >= 11 is 1.53. The van der Waals surface area contributed by atoms with Gasteiger partial charge in [0.2, 0.25) is 0 Å². The quantitative estimate of drug-likeness (QED) is 0.849. The molecule has 1 saturated carbocycles. The van der Waals surface area contributed by atoms with Crippen molar-refractivity contribution in [2.45, 2.75) is 51.0 Å². The van der Waals surface area contributed by atoms with Crippen molar-refractivity contribution in [2.24, 2.45) is 0 Å². The second kappa shape index (κ2) is 5.15. The Bertz CT molecular complexity index is 329. The highest BCUT2D eigenvalue weighted by atomic mass is 32.1. The third-order valence-corrected chi connectivity index (χ3v) is 4.18. The van der Waals surface area contributed by atoms with E-state index in [0.29, 0.717) is 10.7 Å². The summed E-state index contributed by atoms with van der Waals surface area (Å²) in [5.41, 5.74) is 7.09. The monoisotopic (exact) mass is 239 g/mol. The van der Waals surface area contributed by atoms with Gasteiger partial charge in [-0.25, -0.2) is 4.98 Å². The Hall–Kier alpha value is -0.610. The minimum Gasteiger partial charge on any atom is -0.375 e. The molecule has 16 heavy (non-hydrogen) atoms. The number of anilines is 1. The molecule has 1 aliphatic carbocycles. The lowest BCUT2D eigenvalue weighted by atomic mass is 9.83. The molecular formula is C12H21N3S. The summed E-state index contributed by atoms with van der Waals surface area (Å²) in [5.74, 6) is 0. The average molecular weight is 239 g/mol. The van der Waals surface area contributed by atoms with E-state index in [4.69, 9.17) is 5.73 Å². The molecule has 0 saturated heterocycles. The van der Waals surface area contributed by atoms with Crippen LogP contribution in [0.4, 0.5) is 5.13 Å². The van der Waals surface area contributed by atoms with Crippen molar-refractivity contribution in [3.8, 4) is 0 Å². The number of thiazole rings is 1. The van der Waals surface area contributed by atoms with Crippen LogP contribution in [0.15, 0.2) is 5.38 Å². The number of nitrogens with one attached hydrogen (secondary N) is 1. The van der Waals surface area contributed by atoms with Crippen molar-refractivity contribution in [2.75, 3.05) is 12.3 Å². The van der Waals surface area contributed by atoms with Crippen molar-refractivity contribution in [3.63, 3.8) is 0 Å². The molecule has 0 unspecified atom stereocenters. The van der Waals surface area contributed by atoms with Crippen LogP contribution >= 0.6 is 11.3 Å². The average Bonchev–Trinajstić information content (AvgIpc) is 2.65. The molecule has 90 valence electrons. The first-order valence-electron chi connectivity index (χ1n) is 6.13. The summed E-state index contributed by atoms with van der Waals surface area (Å²) in [4.78, 5) is 4.27. The van der Waals surface area contributed by atoms with Gasteiger partial charge >= 0.3 is 0 Å². The first-order chi connectivity index (χ1) is 7.68. The Morgan fingerprint density at radius 2 is 2.19 bits per heavy atom. The Morgan fingerprint density at radius 1 is 1.44 bits per heavy atom. The first-order valence-corrected chi connectivity index (χ1v) is 7.01. The SMILES string of the molecule is CC1(NCCc2csc(N)n2)CCCCC1. The molecule has 0 aromatic carbocycles. The van der Waals surface area contributed by atoms with Crippen LogP contribution in [0.1, 0.15) is 44.7 Å². The van der Waals surface area contributed by atoms with E-state index in [1.165, 1.54) is 43.4 Å². The number of nitrogens with zero attached hydrogens (tertiary/aromatic N) is 1. The second-order valence-electron chi connectivity index (χ2n) is 4.98. The summed E-state index contributed by atoms with van der Waals surface area (Å²) in [6.07, 6.45) is 7.75. The molecule has 0 radical (unpaired) electrons. The molecule has 0 atom stereocenters. The van der Waals surface area contributed by atoms with Crippen molar-refractivity contribution in [1.29, 1.82) is 0 Å². The molecule has 3 N–H and O–H groups in total. The number of nitrogens with two attached hydrogens (primary N) is 1. The van der Waals surface area contributed by atoms with E-state index < -0.39 is 0 Å². The van der Waals surface area contributed by atoms with Gasteiger partial charge in [0, 0.05) is 23.9 Å². The van der Waals surface area contributed by atoms with Gasteiger partial charge in [0.25, 0.3) is 0 Å². The van der Waals surface area contributed by atoms with E-state index in [1.54, 1.807) is 0 Å². The summed E-state index contributed by atoms with van der Waals surface area (Å²) in [6.45, 7) is 3.36. The van der Waals surface area contributed by atoms with Crippen molar-refractivity contribution < 1.29 is 0 Å². The highest BCUT2D eigenvalue weighted by Crippen LogP contribution is 2.27. The maximum Gasteiger partial charge on any atom is 0.180 e. The molecule has 0 spiro atoms. The number of hydrogen-bond donors (Lipinski definition) is 2. The van der Waals surface area contributed by atoms with E-state index in [1.807, 2.05) is 0 Å². The van der Waals surface area contributed by atoms with Gasteiger partial charge in [-0.1, -0.05) is 19.3 Å². The van der Waals surface area contributed by atoms with Gasteiger partial charge in [0.15, 0.2) is 5.13 Å². The summed E-state index contributed by atoms with van der Waals surface area (Å²) < 4.78 is 0. The van der Waals surface area contributed by atoms with E-state index in [9.17, 15) is 0 Å². The van der Waals surface area contributed by atoms with Crippen LogP contribution in [-0.2, 0) is 6.42 Å².